The van der Waals surface area contributed by atoms with Crippen molar-refractivity contribution in [2.75, 3.05) is 30.0 Å². The largest absolute Gasteiger partial charge is 0.416 e. The average Bonchev–Trinajstić information content (AvgIpc) is 3.57. The molecule has 2 aromatic rings. The lowest BCUT2D eigenvalue weighted by atomic mass is 10.0. The van der Waals surface area contributed by atoms with E-state index in [-0.39, 0.29) is 24.2 Å². The summed E-state index contributed by atoms with van der Waals surface area (Å²) in [5, 5.41) is 3.09. The molecule has 1 N–H and O–H groups in total. The summed E-state index contributed by atoms with van der Waals surface area (Å²) in [6, 6.07) is 5.10. The van der Waals surface area contributed by atoms with Gasteiger partial charge in [0.15, 0.2) is 11.6 Å². The molecule has 9 heteroatoms. The van der Waals surface area contributed by atoms with E-state index in [0.29, 0.717) is 31.2 Å². The molecule has 2 fully saturated rings. The van der Waals surface area contributed by atoms with E-state index in [1.165, 1.54) is 18.5 Å². The number of aromatic nitrogens is 2. The van der Waals surface area contributed by atoms with E-state index >= 15 is 4.39 Å². The summed E-state index contributed by atoms with van der Waals surface area (Å²) < 4.78 is 58.9. The van der Waals surface area contributed by atoms with Crippen LogP contribution < -0.4 is 10.2 Å². The second-order valence-corrected chi connectivity index (χ2v) is 7.85. The molecule has 0 atom stereocenters. The Morgan fingerprint density at radius 2 is 1.73 bits per heavy atom. The first-order valence-corrected chi connectivity index (χ1v) is 10.2. The Bertz CT molecular complexity index is 849. The summed E-state index contributed by atoms with van der Waals surface area (Å²) in [6.07, 6.45) is 0.596. The molecule has 2 heterocycles. The summed E-state index contributed by atoms with van der Waals surface area (Å²) in [6.45, 7) is 2.33. The van der Waals surface area contributed by atoms with Crippen LogP contribution >= 0.6 is 0 Å². The van der Waals surface area contributed by atoms with Crippen LogP contribution in [0.2, 0.25) is 0 Å². The molecule has 5 nitrogen and oxygen atoms in total. The molecule has 0 unspecified atom stereocenters. The quantitative estimate of drug-likeness (QED) is 0.656. The van der Waals surface area contributed by atoms with Gasteiger partial charge in [0.05, 0.1) is 5.56 Å². The third kappa shape index (κ3) is 5.00. The van der Waals surface area contributed by atoms with Gasteiger partial charge in [-0.15, -0.1) is 0 Å². The number of ether oxygens (including phenoxy) is 1. The zero-order valence-electron chi connectivity index (χ0n) is 16.5. The maximum absolute atomic E-state index is 15.2. The zero-order valence-corrected chi connectivity index (χ0v) is 16.5. The molecule has 1 aromatic heterocycles. The molecule has 1 aromatic carbocycles. The molecule has 4 rings (SSSR count). The monoisotopic (exact) mass is 424 g/mol. The van der Waals surface area contributed by atoms with Crippen LogP contribution in [-0.2, 0) is 17.5 Å². The van der Waals surface area contributed by atoms with Crippen molar-refractivity contribution in [1.82, 2.24) is 9.97 Å². The lowest BCUT2D eigenvalue weighted by Gasteiger charge is -2.25. The van der Waals surface area contributed by atoms with E-state index in [1.54, 1.807) is 0 Å². The normalized spacial score (nSPS) is 17.7. The number of alkyl halides is 3. The SMILES string of the molecule is Fc1c(NCC2CCOCC2)ncnc1N(Cc1ccc(C(F)(F)F)cc1)C1CC1. The first-order chi connectivity index (χ1) is 14.4. The number of nitrogens with one attached hydrogen (secondary N) is 1. The van der Waals surface area contributed by atoms with Gasteiger partial charge in [0.1, 0.15) is 6.33 Å². The van der Waals surface area contributed by atoms with Crippen molar-refractivity contribution < 1.29 is 22.3 Å². The molecular formula is C21H24F4N4O. The summed E-state index contributed by atoms with van der Waals surface area (Å²) in [7, 11) is 0. The van der Waals surface area contributed by atoms with Crippen LogP contribution in [0.15, 0.2) is 30.6 Å². The minimum atomic E-state index is -4.38. The summed E-state index contributed by atoms with van der Waals surface area (Å²) in [5.41, 5.74) is -0.0262. The summed E-state index contributed by atoms with van der Waals surface area (Å²) >= 11 is 0. The highest BCUT2D eigenvalue weighted by Gasteiger charge is 2.33. The molecule has 1 aliphatic carbocycles. The maximum atomic E-state index is 15.2. The Hall–Kier alpha value is -2.42. The zero-order chi connectivity index (χ0) is 21.1. The molecule has 0 amide bonds. The average molecular weight is 424 g/mol. The lowest BCUT2D eigenvalue weighted by Crippen LogP contribution is -2.28. The molecule has 1 saturated heterocycles. The second kappa shape index (κ2) is 8.75. The van der Waals surface area contributed by atoms with Crippen molar-refractivity contribution in [3.05, 3.63) is 47.5 Å². The van der Waals surface area contributed by atoms with Crippen molar-refractivity contribution >= 4 is 11.6 Å². The molecule has 1 saturated carbocycles. The number of hydrogen-bond acceptors (Lipinski definition) is 5. The lowest BCUT2D eigenvalue weighted by molar-refractivity contribution is -0.137. The summed E-state index contributed by atoms with van der Waals surface area (Å²) in [4.78, 5) is 10.0. The highest BCUT2D eigenvalue weighted by molar-refractivity contribution is 5.52. The predicted molar refractivity (Wildman–Crippen MR) is 105 cm³/mol. The van der Waals surface area contributed by atoms with Crippen LogP contribution in [0.3, 0.4) is 0 Å². The predicted octanol–water partition coefficient (Wildman–Crippen LogP) is 4.64. The van der Waals surface area contributed by atoms with E-state index in [1.807, 2.05) is 4.90 Å². The number of halogens is 4. The van der Waals surface area contributed by atoms with Crippen LogP contribution in [0, 0.1) is 11.7 Å². The molecule has 30 heavy (non-hydrogen) atoms. The minimum absolute atomic E-state index is 0.125. The number of rotatable bonds is 7. The van der Waals surface area contributed by atoms with E-state index in [2.05, 4.69) is 15.3 Å². The Morgan fingerprint density at radius 3 is 2.37 bits per heavy atom. The first kappa shape index (κ1) is 20.8. The van der Waals surface area contributed by atoms with Gasteiger partial charge in [0.25, 0.3) is 0 Å². The van der Waals surface area contributed by atoms with Gasteiger partial charge in [0.2, 0.25) is 5.82 Å². The van der Waals surface area contributed by atoms with Crippen molar-refractivity contribution in [2.45, 2.75) is 44.4 Å². The van der Waals surface area contributed by atoms with Gasteiger partial charge in [-0.3, -0.25) is 0 Å². The van der Waals surface area contributed by atoms with Crippen LogP contribution in [0.1, 0.15) is 36.8 Å². The van der Waals surface area contributed by atoms with Gasteiger partial charge in [-0.05, 0) is 49.3 Å². The molecule has 0 radical (unpaired) electrons. The highest BCUT2D eigenvalue weighted by atomic mass is 19.4. The fourth-order valence-corrected chi connectivity index (χ4v) is 3.63. The van der Waals surface area contributed by atoms with E-state index in [9.17, 15) is 13.2 Å². The molecule has 1 aliphatic heterocycles. The topological polar surface area (TPSA) is 50.3 Å². The first-order valence-electron chi connectivity index (χ1n) is 10.2. The van der Waals surface area contributed by atoms with Crippen molar-refractivity contribution in [3.63, 3.8) is 0 Å². The Balaban J connectivity index is 1.48. The Morgan fingerprint density at radius 1 is 1.03 bits per heavy atom. The molecule has 0 bridgehead atoms. The highest BCUT2D eigenvalue weighted by Crippen LogP contribution is 2.35. The molecular weight excluding hydrogens is 400 g/mol. The standard InChI is InChI=1S/C21H24F4N4O/c22-18-19(26-11-14-7-9-30-10-8-14)27-13-28-20(18)29(17-5-6-17)12-15-1-3-16(4-2-15)21(23,24)25/h1-4,13-14,17H,5-12H2,(H,26,27,28). The van der Waals surface area contributed by atoms with E-state index < -0.39 is 17.6 Å². The van der Waals surface area contributed by atoms with Crippen LogP contribution in [0.25, 0.3) is 0 Å². The van der Waals surface area contributed by atoms with E-state index in [0.717, 1.165) is 37.8 Å². The number of hydrogen-bond donors (Lipinski definition) is 1. The van der Waals surface area contributed by atoms with Gasteiger partial charge in [-0.2, -0.15) is 17.6 Å². The number of benzene rings is 1. The van der Waals surface area contributed by atoms with Gasteiger partial charge < -0.3 is 15.0 Å². The van der Waals surface area contributed by atoms with Gasteiger partial charge in [-0.25, -0.2) is 9.97 Å². The van der Waals surface area contributed by atoms with Gasteiger partial charge in [-0.1, -0.05) is 12.1 Å². The fraction of sp³-hybridized carbons (Fsp3) is 0.524. The smallest absolute Gasteiger partial charge is 0.381 e. The van der Waals surface area contributed by atoms with Gasteiger partial charge in [0, 0.05) is 32.3 Å². The van der Waals surface area contributed by atoms with Crippen molar-refractivity contribution in [1.29, 1.82) is 0 Å². The Labute approximate surface area is 172 Å². The fourth-order valence-electron chi connectivity index (χ4n) is 3.63. The Kier molecular flexibility index (Phi) is 6.08. The van der Waals surface area contributed by atoms with Gasteiger partial charge >= 0.3 is 6.18 Å². The second-order valence-electron chi connectivity index (χ2n) is 7.85. The van der Waals surface area contributed by atoms with Crippen LogP contribution in [-0.4, -0.2) is 35.8 Å². The van der Waals surface area contributed by atoms with E-state index in [4.69, 9.17) is 4.74 Å². The summed E-state index contributed by atoms with van der Waals surface area (Å²) in [5.74, 6) is 0.220. The molecule has 2 aliphatic rings. The van der Waals surface area contributed by atoms with Crippen LogP contribution in [0.5, 0.6) is 0 Å². The third-order valence-electron chi connectivity index (χ3n) is 5.56. The van der Waals surface area contributed by atoms with Crippen molar-refractivity contribution in [2.24, 2.45) is 5.92 Å². The number of nitrogens with zero attached hydrogens (tertiary/aromatic N) is 3. The molecule has 162 valence electrons. The third-order valence-corrected chi connectivity index (χ3v) is 5.56. The number of anilines is 2. The van der Waals surface area contributed by atoms with Crippen molar-refractivity contribution in [3.8, 4) is 0 Å². The minimum Gasteiger partial charge on any atom is -0.381 e. The maximum Gasteiger partial charge on any atom is 0.416 e. The molecule has 0 spiro atoms. The van der Waals surface area contributed by atoms with Crippen LogP contribution in [0.4, 0.5) is 29.2 Å².